The van der Waals surface area contributed by atoms with Crippen molar-refractivity contribution in [2.24, 2.45) is 47.3 Å². The van der Waals surface area contributed by atoms with Crippen LogP contribution < -0.4 is 16.0 Å². The third-order valence-electron chi connectivity index (χ3n) is 17.0. The Morgan fingerprint density at radius 3 is 1.32 bits per heavy atom. The van der Waals surface area contributed by atoms with Crippen molar-refractivity contribution in [3.05, 3.63) is 0 Å². The van der Waals surface area contributed by atoms with Crippen LogP contribution in [0, 0.1) is 47.3 Å². The van der Waals surface area contributed by atoms with Gasteiger partial charge in [0.05, 0.1) is 12.1 Å². The van der Waals surface area contributed by atoms with Crippen LogP contribution in [0.5, 0.6) is 0 Å². The summed E-state index contributed by atoms with van der Waals surface area (Å²) in [4.78, 5) is 170. The summed E-state index contributed by atoms with van der Waals surface area (Å²) in [6.07, 6.45) is -1.85. The Morgan fingerprint density at radius 2 is 0.894 bits per heavy atom. The Balaban J connectivity index is 2.97. The van der Waals surface area contributed by atoms with E-state index in [0.717, 1.165) is 0 Å². The zero-order valence-electron chi connectivity index (χ0n) is 56.0. The second kappa shape index (κ2) is 32.9. The van der Waals surface area contributed by atoms with Gasteiger partial charge in [0.25, 0.3) is 0 Å². The van der Waals surface area contributed by atoms with Gasteiger partial charge in [-0.05, 0) is 87.4 Å². The van der Waals surface area contributed by atoms with Gasteiger partial charge in [-0.15, -0.1) is 0 Å². The molecule has 0 aromatic heterocycles. The van der Waals surface area contributed by atoms with Gasteiger partial charge in [-0.25, -0.2) is 0 Å². The predicted octanol–water partition coefficient (Wildman–Crippen LogP) is 3.53. The third-order valence-corrected chi connectivity index (χ3v) is 17.0. The van der Waals surface area contributed by atoms with Gasteiger partial charge >= 0.3 is 0 Å². The van der Waals surface area contributed by atoms with E-state index in [0.29, 0.717) is 0 Å². The van der Waals surface area contributed by atoms with Gasteiger partial charge in [0.15, 0.2) is 12.1 Å². The maximum Gasteiger partial charge on any atom is 0.246 e. The number of amides is 10. The van der Waals surface area contributed by atoms with Crippen molar-refractivity contribution < 1.29 is 62.6 Å². The molecule has 2 rings (SSSR count). The number of carbonyl (C=O) groups is 11. The molecule has 0 saturated carbocycles. The van der Waals surface area contributed by atoms with E-state index in [1.807, 2.05) is 55.4 Å². The molecule has 10 amide bonds. The number of likely N-dealkylation sites (N-methyl/N-ethyl adjacent to an activating group) is 7. The normalized spacial score (nSPS) is 30.6. The van der Waals surface area contributed by atoms with E-state index >= 15 is 9.59 Å². The fourth-order valence-electron chi connectivity index (χ4n) is 11.5. The highest BCUT2D eigenvalue weighted by Crippen LogP contribution is 2.31. The van der Waals surface area contributed by atoms with Crippen LogP contribution in [0.3, 0.4) is 0 Å². The molecule has 23 heteroatoms. The molecule has 2 heterocycles. The van der Waals surface area contributed by atoms with Crippen molar-refractivity contribution >= 4 is 64.9 Å². The van der Waals surface area contributed by atoms with Crippen LogP contribution in [-0.2, 0) is 57.5 Å². The lowest BCUT2D eigenvalue weighted by atomic mass is 9.93. The summed E-state index contributed by atoms with van der Waals surface area (Å²) in [5.41, 5.74) is 0. The Hall–Kier alpha value is -5.71. The minimum atomic E-state index is -1.46. The summed E-state index contributed by atoms with van der Waals surface area (Å²) in [5, 5.41) is 19.2. The van der Waals surface area contributed by atoms with E-state index in [1.165, 1.54) is 97.5 Å². The Bertz CT molecular complexity index is 2350. The van der Waals surface area contributed by atoms with E-state index in [2.05, 4.69) is 16.0 Å². The van der Waals surface area contributed by atoms with Gasteiger partial charge in [-0.1, -0.05) is 104 Å². The van der Waals surface area contributed by atoms with E-state index < -0.39 is 161 Å². The molecule has 2 aliphatic rings. The minimum Gasteiger partial charge on any atom is -0.368 e. The monoisotopic (exact) mass is 1200 g/mol. The molecule has 23 nitrogen and oxygen atoms in total. The molecular weight excluding hydrogens is 1090 g/mol. The molecule has 486 valence electrons. The fraction of sp³-hybridized carbons (Fsp3) is 0.823. The first-order valence-electron chi connectivity index (χ1n) is 30.8. The molecule has 0 aromatic carbocycles. The molecule has 2 aliphatic heterocycles. The van der Waals surface area contributed by atoms with E-state index in [9.17, 15) is 48.3 Å². The van der Waals surface area contributed by atoms with Crippen LogP contribution >= 0.6 is 0 Å². The number of nitrogens with one attached hydrogen (secondary N) is 3. The summed E-state index contributed by atoms with van der Waals surface area (Å²) in [6.45, 7) is 29.9. The summed E-state index contributed by atoms with van der Waals surface area (Å²) in [6, 6.07) is -11.9. The van der Waals surface area contributed by atoms with Gasteiger partial charge in [0.2, 0.25) is 59.1 Å². The largest absolute Gasteiger partial charge is 0.368 e. The lowest BCUT2D eigenvalue weighted by molar-refractivity contribution is -0.161. The van der Waals surface area contributed by atoms with Gasteiger partial charge in [-0.3, -0.25) is 52.7 Å². The molecule has 0 radical (unpaired) electrons. The smallest absolute Gasteiger partial charge is 0.246 e. The van der Waals surface area contributed by atoms with Gasteiger partial charge in [0.1, 0.15) is 54.4 Å². The molecule has 4 N–H and O–H groups in total. The highest BCUT2D eigenvalue weighted by molar-refractivity contribution is 6.00. The first kappa shape index (κ1) is 75.4. The van der Waals surface area contributed by atoms with Crippen LogP contribution in [0.4, 0.5) is 0 Å². The van der Waals surface area contributed by atoms with Crippen molar-refractivity contribution in [3.63, 3.8) is 0 Å². The number of Topliss-reactive ketones (excluding diaryl/α,β-unsaturated/α-hetero) is 1. The quantitative estimate of drug-likeness (QED) is 0.218. The number of rotatable bonds is 12. The fourth-order valence-corrected chi connectivity index (χ4v) is 11.5. The first-order chi connectivity index (χ1) is 39.2. The number of carbonyl (C=O) groups excluding carboxylic acids is 11. The molecule has 0 aliphatic carbocycles. The lowest BCUT2D eigenvalue weighted by Gasteiger charge is -2.41. The van der Waals surface area contributed by atoms with Crippen molar-refractivity contribution in [1.82, 2.24) is 50.2 Å². The molecule has 1 unspecified atom stereocenters. The second-order valence-corrected chi connectivity index (χ2v) is 26.8. The van der Waals surface area contributed by atoms with E-state index in [4.69, 9.17) is 4.74 Å². The Morgan fingerprint density at radius 1 is 0.471 bits per heavy atom. The molecule has 14 atom stereocenters. The van der Waals surface area contributed by atoms with Gasteiger partial charge < -0.3 is 60.1 Å². The van der Waals surface area contributed by atoms with Crippen molar-refractivity contribution in [2.75, 3.05) is 49.3 Å². The van der Waals surface area contributed by atoms with Crippen LogP contribution in [0.25, 0.3) is 0 Å². The van der Waals surface area contributed by atoms with Crippen molar-refractivity contribution in [2.45, 2.75) is 235 Å². The Kier molecular flexibility index (Phi) is 29.1. The van der Waals surface area contributed by atoms with Crippen LogP contribution in [-0.4, -0.2) is 226 Å². The second-order valence-electron chi connectivity index (χ2n) is 26.8. The zero-order chi connectivity index (χ0) is 65.7. The molecule has 0 aromatic rings. The van der Waals surface area contributed by atoms with Crippen LogP contribution in [0.1, 0.15) is 163 Å². The van der Waals surface area contributed by atoms with Crippen LogP contribution in [0.2, 0.25) is 0 Å². The highest BCUT2D eigenvalue weighted by atomic mass is 16.6. The van der Waals surface area contributed by atoms with Crippen molar-refractivity contribution in [1.29, 1.82) is 0 Å². The molecule has 0 bridgehead atoms. The van der Waals surface area contributed by atoms with Gasteiger partial charge in [-0.2, -0.15) is 0 Å². The lowest BCUT2D eigenvalue weighted by Crippen LogP contribution is -2.63. The molecule has 85 heavy (non-hydrogen) atoms. The topological polar surface area (TPSA) is 276 Å². The number of aliphatic hydroxyl groups is 1. The summed E-state index contributed by atoms with van der Waals surface area (Å²) >= 11 is 0. The maximum atomic E-state index is 15.2. The number of nitrogens with zero attached hydrogens (tertiary/aromatic N) is 7. The van der Waals surface area contributed by atoms with E-state index in [-0.39, 0.29) is 68.6 Å². The first-order valence-corrected chi connectivity index (χ1v) is 30.8. The number of aliphatic hydroxyl groups excluding tert-OH is 1. The van der Waals surface area contributed by atoms with E-state index in [1.54, 1.807) is 48.5 Å². The average Bonchev–Trinajstić information content (AvgIpc) is 4.05. The highest BCUT2D eigenvalue weighted by Gasteiger charge is 2.49. The molecule has 2 saturated heterocycles. The zero-order valence-corrected chi connectivity index (χ0v) is 56.0. The van der Waals surface area contributed by atoms with Crippen molar-refractivity contribution in [3.8, 4) is 0 Å². The molecular formula is C62H110N10O13. The number of ketones is 1. The summed E-state index contributed by atoms with van der Waals surface area (Å²) < 4.78 is 5.94. The predicted molar refractivity (Wildman–Crippen MR) is 324 cm³/mol. The van der Waals surface area contributed by atoms with Crippen LogP contribution in [0.15, 0.2) is 0 Å². The summed E-state index contributed by atoms with van der Waals surface area (Å²) in [7, 11) is 10.1. The molecule has 0 spiro atoms. The third kappa shape index (κ3) is 19.6. The summed E-state index contributed by atoms with van der Waals surface area (Å²) in [5.74, 6) is -9.87. The standard InChI is InChI=1S/C62H110N10O13/c1-25-42-58(80)66(18)41(17)57(79)67(19)44(27-33(4)5)54(76)65-49(36(10)11)61(83)68(20)43(26-32(2)3)53(75)63-40(16)47(73)30-39(15)56(78)69(21)45(28-34(6)7)59(81)70(22)46(29-35(8)9)60(82)71(23)50(37(12)13)62(84)72(24)51(55(77)64-42)52-38(14)31-48(74)85-52/h32-46,48-52,74H,25-31H2,1-24H3,(H,63,75)(H,64,77)(H,65,76)/t38-,39-,40-,41-,42-,43-,44+,45-,46-,48?,49-,50-,51-,52-/m1/s1. The Labute approximate surface area is 508 Å². The van der Waals surface area contributed by atoms with Gasteiger partial charge in [0, 0.05) is 68.1 Å². The number of hydrogen-bond donors (Lipinski definition) is 4. The SMILES string of the molecule is CC[C@H]1NC(=O)[C@@H]([C@@H]2OC(O)C[C@H]2C)N(C)C(=O)[C@@H](C(C)C)N(C)C(=O)[C@@H](CC(C)C)N(C)C(=O)[C@@H](CC(C)C)N(C)C(=O)[C@H](C)CC(=O)[C@@H](C)NC(=O)[C@@H](CC(C)C)N(C)C(=O)[C@@H](C(C)C)NC(=O)[C@H](CC(C)C)N(C)C(=O)[C@@H](C)N(C)C1=O. The molecule has 2 fully saturated rings. The maximum absolute atomic E-state index is 15.2. The number of ether oxygens (including phenoxy) is 1. The average molecular weight is 1200 g/mol. The number of hydrogen-bond acceptors (Lipinski definition) is 13. The minimum absolute atomic E-state index is 0.0321.